The fourth-order valence-electron chi connectivity index (χ4n) is 1.70. The minimum atomic E-state index is -0.293. The standard InChI is InChI=1S/C14H18N4O2/c1-9(2)13-17-8-11(15)12(18-13)14(19)16-6-5-10-4-3-7-20-10/h3-4,7-9H,5-6,15H2,1-2H3,(H,16,19). The van der Waals surface area contributed by atoms with E-state index in [4.69, 9.17) is 10.2 Å². The van der Waals surface area contributed by atoms with Gasteiger partial charge >= 0.3 is 0 Å². The number of nitrogens with two attached hydrogens (primary N) is 1. The molecule has 3 N–H and O–H groups in total. The molecule has 2 rings (SSSR count). The molecular weight excluding hydrogens is 256 g/mol. The normalized spacial score (nSPS) is 10.8. The van der Waals surface area contributed by atoms with Crippen molar-refractivity contribution in [2.24, 2.45) is 0 Å². The van der Waals surface area contributed by atoms with E-state index in [1.54, 1.807) is 6.26 Å². The zero-order valence-electron chi connectivity index (χ0n) is 11.6. The molecule has 0 aliphatic rings. The van der Waals surface area contributed by atoms with Crippen LogP contribution in [0.1, 0.15) is 41.8 Å². The molecule has 0 aliphatic carbocycles. The Kier molecular flexibility index (Phi) is 4.34. The average molecular weight is 274 g/mol. The zero-order valence-corrected chi connectivity index (χ0v) is 11.6. The number of hydrogen-bond donors (Lipinski definition) is 2. The van der Waals surface area contributed by atoms with Crippen molar-refractivity contribution in [3.8, 4) is 0 Å². The Hall–Kier alpha value is -2.37. The fraction of sp³-hybridized carbons (Fsp3) is 0.357. The summed E-state index contributed by atoms with van der Waals surface area (Å²) in [5.74, 6) is 1.28. The van der Waals surface area contributed by atoms with Crippen LogP contribution in [-0.2, 0) is 6.42 Å². The Bertz CT molecular complexity index is 579. The van der Waals surface area contributed by atoms with Crippen molar-refractivity contribution in [1.29, 1.82) is 0 Å². The molecule has 106 valence electrons. The summed E-state index contributed by atoms with van der Waals surface area (Å²) in [5.41, 5.74) is 6.26. The highest BCUT2D eigenvalue weighted by Crippen LogP contribution is 2.13. The van der Waals surface area contributed by atoms with Crippen LogP contribution in [0.2, 0.25) is 0 Å². The predicted molar refractivity (Wildman–Crippen MR) is 75.3 cm³/mol. The van der Waals surface area contributed by atoms with Gasteiger partial charge in [-0.1, -0.05) is 13.8 Å². The molecule has 0 radical (unpaired) electrons. The molecule has 0 atom stereocenters. The molecular formula is C14H18N4O2. The second-order valence-corrected chi connectivity index (χ2v) is 4.77. The number of carbonyl (C=O) groups excluding carboxylic acids is 1. The van der Waals surface area contributed by atoms with Crippen LogP contribution in [-0.4, -0.2) is 22.4 Å². The van der Waals surface area contributed by atoms with Crippen LogP contribution in [0.15, 0.2) is 29.0 Å². The second-order valence-electron chi connectivity index (χ2n) is 4.77. The lowest BCUT2D eigenvalue weighted by Gasteiger charge is -2.09. The van der Waals surface area contributed by atoms with Crippen molar-refractivity contribution in [2.75, 3.05) is 12.3 Å². The van der Waals surface area contributed by atoms with Crippen LogP contribution in [0.3, 0.4) is 0 Å². The molecule has 20 heavy (non-hydrogen) atoms. The van der Waals surface area contributed by atoms with Gasteiger partial charge in [0.15, 0.2) is 5.69 Å². The topological polar surface area (TPSA) is 94.0 Å². The van der Waals surface area contributed by atoms with Crippen molar-refractivity contribution in [2.45, 2.75) is 26.2 Å². The van der Waals surface area contributed by atoms with Gasteiger partial charge in [-0.05, 0) is 12.1 Å². The fourth-order valence-corrected chi connectivity index (χ4v) is 1.70. The summed E-state index contributed by atoms with van der Waals surface area (Å²) >= 11 is 0. The summed E-state index contributed by atoms with van der Waals surface area (Å²) in [4.78, 5) is 20.4. The largest absolute Gasteiger partial charge is 0.469 e. The average Bonchev–Trinajstić information content (AvgIpc) is 2.92. The van der Waals surface area contributed by atoms with E-state index in [0.29, 0.717) is 18.8 Å². The van der Waals surface area contributed by atoms with Gasteiger partial charge in [0, 0.05) is 18.9 Å². The van der Waals surface area contributed by atoms with Crippen LogP contribution in [0.4, 0.5) is 5.69 Å². The number of nitrogens with one attached hydrogen (secondary N) is 1. The number of rotatable bonds is 5. The third kappa shape index (κ3) is 3.34. The van der Waals surface area contributed by atoms with Crippen molar-refractivity contribution in [3.05, 3.63) is 41.9 Å². The SMILES string of the molecule is CC(C)c1ncc(N)c(C(=O)NCCc2ccco2)n1. The summed E-state index contributed by atoms with van der Waals surface area (Å²) in [7, 11) is 0. The molecule has 0 unspecified atom stereocenters. The van der Waals surface area contributed by atoms with Crippen LogP contribution < -0.4 is 11.1 Å². The van der Waals surface area contributed by atoms with Crippen molar-refractivity contribution < 1.29 is 9.21 Å². The number of amides is 1. The summed E-state index contributed by atoms with van der Waals surface area (Å²) in [6, 6.07) is 3.68. The predicted octanol–water partition coefficient (Wildman–Crippen LogP) is 1.75. The highest BCUT2D eigenvalue weighted by atomic mass is 16.3. The first-order valence-electron chi connectivity index (χ1n) is 6.51. The van der Waals surface area contributed by atoms with E-state index in [9.17, 15) is 4.79 Å². The number of carbonyl (C=O) groups is 1. The van der Waals surface area contributed by atoms with E-state index in [1.165, 1.54) is 6.20 Å². The molecule has 0 saturated carbocycles. The first-order valence-corrected chi connectivity index (χ1v) is 6.51. The minimum Gasteiger partial charge on any atom is -0.469 e. The van der Waals surface area contributed by atoms with Gasteiger partial charge in [0.25, 0.3) is 5.91 Å². The van der Waals surface area contributed by atoms with Gasteiger partial charge in [0.05, 0.1) is 18.1 Å². The lowest BCUT2D eigenvalue weighted by Crippen LogP contribution is -2.28. The Morgan fingerprint density at radius 2 is 2.30 bits per heavy atom. The van der Waals surface area contributed by atoms with Gasteiger partial charge < -0.3 is 15.5 Å². The van der Waals surface area contributed by atoms with Gasteiger partial charge in [-0.15, -0.1) is 0 Å². The van der Waals surface area contributed by atoms with E-state index < -0.39 is 0 Å². The third-order valence-corrected chi connectivity index (χ3v) is 2.80. The highest BCUT2D eigenvalue weighted by Gasteiger charge is 2.14. The van der Waals surface area contributed by atoms with Crippen LogP contribution in [0.5, 0.6) is 0 Å². The van der Waals surface area contributed by atoms with Crippen molar-refractivity contribution in [1.82, 2.24) is 15.3 Å². The number of anilines is 1. The van der Waals surface area contributed by atoms with Gasteiger partial charge in [0.2, 0.25) is 0 Å². The molecule has 0 aromatic carbocycles. The van der Waals surface area contributed by atoms with Crippen LogP contribution in [0.25, 0.3) is 0 Å². The first-order chi connectivity index (χ1) is 9.58. The Labute approximate surface area is 117 Å². The third-order valence-electron chi connectivity index (χ3n) is 2.80. The van der Waals surface area contributed by atoms with E-state index in [1.807, 2.05) is 26.0 Å². The highest BCUT2D eigenvalue weighted by molar-refractivity contribution is 5.96. The molecule has 0 saturated heterocycles. The maximum Gasteiger partial charge on any atom is 0.272 e. The van der Waals surface area contributed by atoms with Gasteiger partial charge in [-0.2, -0.15) is 0 Å². The zero-order chi connectivity index (χ0) is 14.5. The van der Waals surface area contributed by atoms with E-state index in [0.717, 1.165) is 5.76 Å². The summed E-state index contributed by atoms with van der Waals surface area (Å²) in [6.45, 7) is 4.39. The molecule has 0 bridgehead atoms. The molecule has 2 heterocycles. The smallest absolute Gasteiger partial charge is 0.272 e. The minimum absolute atomic E-state index is 0.144. The second kappa shape index (κ2) is 6.18. The van der Waals surface area contributed by atoms with Crippen LogP contribution in [0, 0.1) is 0 Å². The molecule has 2 aromatic rings. The van der Waals surface area contributed by atoms with Crippen molar-refractivity contribution >= 4 is 11.6 Å². The maximum absolute atomic E-state index is 12.1. The van der Waals surface area contributed by atoms with E-state index in [-0.39, 0.29) is 23.2 Å². The molecule has 6 heteroatoms. The number of nitrogens with zero attached hydrogens (tertiary/aromatic N) is 2. The van der Waals surface area contributed by atoms with Crippen LogP contribution >= 0.6 is 0 Å². The molecule has 2 aromatic heterocycles. The number of aromatic nitrogens is 2. The molecule has 0 aliphatic heterocycles. The summed E-state index contributed by atoms with van der Waals surface area (Å²) in [6.07, 6.45) is 3.71. The Balaban J connectivity index is 1.99. The lowest BCUT2D eigenvalue weighted by atomic mass is 10.2. The molecule has 6 nitrogen and oxygen atoms in total. The lowest BCUT2D eigenvalue weighted by molar-refractivity contribution is 0.0949. The Morgan fingerprint density at radius 1 is 1.50 bits per heavy atom. The van der Waals surface area contributed by atoms with Gasteiger partial charge in [0.1, 0.15) is 11.6 Å². The van der Waals surface area contributed by atoms with Gasteiger partial charge in [-0.3, -0.25) is 4.79 Å². The van der Waals surface area contributed by atoms with E-state index in [2.05, 4.69) is 15.3 Å². The maximum atomic E-state index is 12.1. The molecule has 1 amide bonds. The number of hydrogen-bond acceptors (Lipinski definition) is 5. The van der Waals surface area contributed by atoms with Gasteiger partial charge in [-0.25, -0.2) is 9.97 Å². The molecule has 0 fully saturated rings. The molecule has 0 spiro atoms. The number of nitrogen functional groups attached to an aromatic ring is 1. The first kappa shape index (κ1) is 14.0. The monoisotopic (exact) mass is 274 g/mol. The number of furan rings is 1. The Morgan fingerprint density at radius 3 is 2.95 bits per heavy atom. The van der Waals surface area contributed by atoms with E-state index >= 15 is 0 Å². The summed E-state index contributed by atoms with van der Waals surface area (Å²) < 4.78 is 5.19. The quantitative estimate of drug-likeness (QED) is 0.866. The van der Waals surface area contributed by atoms with Crippen molar-refractivity contribution in [3.63, 3.8) is 0 Å². The summed E-state index contributed by atoms with van der Waals surface area (Å²) in [5, 5.41) is 2.77.